The summed E-state index contributed by atoms with van der Waals surface area (Å²) >= 11 is 0. The van der Waals surface area contributed by atoms with E-state index in [-0.39, 0.29) is 0 Å². The van der Waals surface area contributed by atoms with Gasteiger partial charge in [-0.3, -0.25) is 4.90 Å². The molecule has 1 saturated heterocycles. The maximum Gasteiger partial charge on any atom is 0.191 e. The Morgan fingerprint density at radius 1 is 1.17 bits per heavy atom. The van der Waals surface area contributed by atoms with Gasteiger partial charge in [-0.2, -0.15) is 0 Å². The molecular formula is C22H39N5O2. The van der Waals surface area contributed by atoms with Crippen molar-refractivity contribution in [3.8, 4) is 0 Å². The molecule has 1 fully saturated rings. The van der Waals surface area contributed by atoms with Crippen LogP contribution in [-0.4, -0.2) is 89.0 Å². The van der Waals surface area contributed by atoms with Crippen LogP contribution in [0.4, 0.5) is 0 Å². The lowest BCUT2D eigenvalue weighted by atomic mass is 10.1. The number of nitrogens with one attached hydrogen (secondary N) is 2. The van der Waals surface area contributed by atoms with Crippen LogP contribution in [0.3, 0.4) is 0 Å². The monoisotopic (exact) mass is 405 g/mol. The zero-order valence-electron chi connectivity index (χ0n) is 18.5. The second-order valence-corrected chi connectivity index (χ2v) is 7.43. The van der Waals surface area contributed by atoms with E-state index in [4.69, 9.17) is 14.5 Å². The third-order valence-electron chi connectivity index (χ3n) is 5.05. The van der Waals surface area contributed by atoms with Gasteiger partial charge in [0, 0.05) is 46.4 Å². The molecule has 0 bridgehead atoms. The van der Waals surface area contributed by atoms with Crippen LogP contribution in [0, 0.1) is 0 Å². The number of aliphatic imine (C=N–C) groups is 1. The summed E-state index contributed by atoms with van der Waals surface area (Å²) in [5.74, 6) is 0.883. The zero-order chi connectivity index (χ0) is 20.7. The minimum absolute atomic E-state index is 0.684. The molecule has 0 spiro atoms. The smallest absolute Gasteiger partial charge is 0.191 e. The summed E-state index contributed by atoms with van der Waals surface area (Å²) in [6.45, 7) is 11.9. The topological polar surface area (TPSA) is 61.4 Å². The average Bonchev–Trinajstić information content (AvgIpc) is 2.75. The van der Waals surface area contributed by atoms with E-state index in [1.165, 1.54) is 11.1 Å². The fourth-order valence-electron chi connectivity index (χ4n) is 3.29. The molecule has 1 aromatic carbocycles. The fourth-order valence-corrected chi connectivity index (χ4v) is 3.29. The quantitative estimate of drug-likeness (QED) is 0.313. The van der Waals surface area contributed by atoms with Crippen molar-refractivity contribution in [3.63, 3.8) is 0 Å². The van der Waals surface area contributed by atoms with Crippen LogP contribution >= 0.6 is 0 Å². The largest absolute Gasteiger partial charge is 0.383 e. The summed E-state index contributed by atoms with van der Waals surface area (Å²) in [5, 5.41) is 6.81. The Morgan fingerprint density at radius 2 is 1.93 bits per heavy atom. The number of likely N-dealkylation sites (N-methyl/N-ethyl adjacent to an activating group) is 1. The highest BCUT2D eigenvalue weighted by Gasteiger charge is 2.12. The van der Waals surface area contributed by atoms with Crippen molar-refractivity contribution in [2.45, 2.75) is 26.4 Å². The number of guanidine groups is 1. The van der Waals surface area contributed by atoms with Gasteiger partial charge in [-0.25, -0.2) is 4.99 Å². The van der Waals surface area contributed by atoms with Gasteiger partial charge in [0.1, 0.15) is 0 Å². The summed E-state index contributed by atoms with van der Waals surface area (Å²) in [6.07, 6.45) is 1.07. The molecule has 0 aromatic heterocycles. The molecule has 2 N–H and O–H groups in total. The molecular weight excluding hydrogens is 366 g/mol. The third kappa shape index (κ3) is 9.58. The van der Waals surface area contributed by atoms with Crippen LogP contribution < -0.4 is 10.6 Å². The molecule has 0 unspecified atom stereocenters. The number of hydrogen-bond donors (Lipinski definition) is 2. The molecule has 164 valence electrons. The van der Waals surface area contributed by atoms with Crippen LogP contribution in [0.5, 0.6) is 0 Å². The molecule has 7 heteroatoms. The molecule has 7 nitrogen and oxygen atoms in total. The molecule has 0 aliphatic carbocycles. The molecule has 2 rings (SSSR count). The van der Waals surface area contributed by atoms with E-state index in [1.54, 1.807) is 7.11 Å². The Labute approximate surface area is 176 Å². The Bertz CT molecular complexity index is 590. The van der Waals surface area contributed by atoms with Crippen molar-refractivity contribution in [1.29, 1.82) is 0 Å². The Morgan fingerprint density at radius 3 is 2.66 bits per heavy atom. The maximum absolute atomic E-state index is 5.46. The van der Waals surface area contributed by atoms with Crippen molar-refractivity contribution in [2.24, 2.45) is 4.99 Å². The van der Waals surface area contributed by atoms with Gasteiger partial charge in [-0.15, -0.1) is 0 Å². The van der Waals surface area contributed by atoms with E-state index in [0.29, 0.717) is 6.54 Å². The summed E-state index contributed by atoms with van der Waals surface area (Å²) < 4.78 is 10.6. The lowest BCUT2D eigenvalue weighted by molar-refractivity contribution is 0.0341. The van der Waals surface area contributed by atoms with Crippen LogP contribution in [0.25, 0.3) is 0 Å². The molecule has 0 saturated carbocycles. The summed E-state index contributed by atoms with van der Waals surface area (Å²) in [5.41, 5.74) is 2.64. The fraction of sp³-hybridized carbons (Fsp3) is 0.682. The van der Waals surface area contributed by atoms with E-state index in [2.05, 4.69) is 58.7 Å². The SMILES string of the molecule is CCNC(=NCc1ccccc1CN1CCOCC1)NCCCN(C)CCOC. The number of ether oxygens (including phenoxy) is 2. The predicted molar refractivity (Wildman–Crippen MR) is 119 cm³/mol. The molecule has 1 heterocycles. The van der Waals surface area contributed by atoms with Gasteiger partial charge in [0.15, 0.2) is 5.96 Å². The van der Waals surface area contributed by atoms with E-state index in [9.17, 15) is 0 Å². The number of morpholine rings is 1. The second-order valence-electron chi connectivity index (χ2n) is 7.43. The Balaban J connectivity index is 1.84. The normalized spacial score (nSPS) is 15.7. The van der Waals surface area contributed by atoms with Crippen LogP contribution in [-0.2, 0) is 22.6 Å². The first-order valence-electron chi connectivity index (χ1n) is 10.8. The number of benzene rings is 1. The van der Waals surface area contributed by atoms with Crippen molar-refractivity contribution in [2.75, 3.05) is 73.2 Å². The van der Waals surface area contributed by atoms with Gasteiger partial charge >= 0.3 is 0 Å². The summed E-state index contributed by atoms with van der Waals surface area (Å²) in [7, 11) is 3.87. The Kier molecular flexibility index (Phi) is 11.7. The van der Waals surface area contributed by atoms with E-state index >= 15 is 0 Å². The van der Waals surface area contributed by atoms with Gasteiger partial charge in [0.05, 0.1) is 26.4 Å². The van der Waals surface area contributed by atoms with Gasteiger partial charge in [-0.05, 0) is 38.1 Å². The first kappa shape index (κ1) is 23.6. The van der Waals surface area contributed by atoms with E-state index < -0.39 is 0 Å². The number of hydrogen-bond acceptors (Lipinski definition) is 5. The van der Waals surface area contributed by atoms with Gasteiger partial charge in [0.2, 0.25) is 0 Å². The minimum Gasteiger partial charge on any atom is -0.383 e. The van der Waals surface area contributed by atoms with Gasteiger partial charge in [-0.1, -0.05) is 24.3 Å². The molecule has 1 aliphatic rings. The summed E-state index contributed by atoms with van der Waals surface area (Å²) in [6, 6.07) is 8.63. The van der Waals surface area contributed by atoms with Crippen molar-refractivity contribution < 1.29 is 9.47 Å². The first-order valence-corrected chi connectivity index (χ1v) is 10.8. The van der Waals surface area contributed by atoms with Gasteiger partial charge < -0.3 is 25.0 Å². The van der Waals surface area contributed by atoms with E-state index in [0.717, 1.165) is 78.0 Å². The second kappa shape index (κ2) is 14.3. The highest BCUT2D eigenvalue weighted by atomic mass is 16.5. The minimum atomic E-state index is 0.684. The maximum atomic E-state index is 5.46. The number of methoxy groups -OCH3 is 1. The van der Waals surface area contributed by atoms with E-state index in [1.807, 2.05) is 0 Å². The summed E-state index contributed by atoms with van der Waals surface area (Å²) in [4.78, 5) is 9.56. The Hall–Kier alpha value is -1.67. The molecule has 0 radical (unpaired) electrons. The molecule has 1 aromatic rings. The first-order chi connectivity index (χ1) is 14.2. The highest BCUT2D eigenvalue weighted by Crippen LogP contribution is 2.14. The number of rotatable bonds is 12. The van der Waals surface area contributed by atoms with Crippen molar-refractivity contribution >= 4 is 5.96 Å². The average molecular weight is 406 g/mol. The third-order valence-corrected chi connectivity index (χ3v) is 5.05. The molecule has 0 atom stereocenters. The molecule has 29 heavy (non-hydrogen) atoms. The van der Waals surface area contributed by atoms with Crippen LogP contribution in [0.15, 0.2) is 29.3 Å². The molecule has 1 aliphatic heterocycles. The van der Waals surface area contributed by atoms with Crippen LogP contribution in [0.1, 0.15) is 24.5 Å². The predicted octanol–water partition coefficient (Wildman–Crippen LogP) is 1.54. The van der Waals surface area contributed by atoms with Gasteiger partial charge in [0.25, 0.3) is 0 Å². The molecule has 0 amide bonds. The number of nitrogens with zero attached hydrogens (tertiary/aromatic N) is 3. The lowest BCUT2D eigenvalue weighted by Crippen LogP contribution is -2.38. The highest BCUT2D eigenvalue weighted by molar-refractivity contribution is 5.79. The zero-order valence-corrected chi connectivity index (χ0v) is 18.5. The lowest BCUT2D eigenvalue weighted by Gasteiger charge is -2.27. The van der Waals surface area contributed by atoms with Crippen molar-refractivity contribution in [1.82, 2.24) is 20.4 Å². The van der Waals surface area contributed by atoms with Crippen molar-refractivity contribution in [3.05, 3.63) is 35.4 Å². The standard InChI is InChI=1S/C22H39N5O2/c1-4-23-22(24-10-7-11-26(2)12-15-28-3)25-18-20-8-5-6-9-21(20)19-27-13-16-29-17-14-27/h5-6,8-9H,4,7,10-19H2,1-3H3,(H2,23,24,25). The van der Waals surface area contributed by atoms with Crippen LogP contribution in [0.2, 0.25) is 0 Å².